The third-order valence-electron chi connectivity index (χ3n) is 7.05. The van der Waals surface area contributed by atoms with Crippen molar-refractivity contribution in [3.8, 4) is 5.75 Å². The highest BCUT2D eigenvalue weighted by Crippen LogP contribution is 2.50. The fourth-order valence-corrected chi connectivity index (χ4v) is 7.07. The van der Waals surface area contributed by atoms with Crippen LogP contribution in [0.3, 0.4) is 0 Å². The highest BCUT2D eigenvalue weighted by molar-refractivity contribution is 7.91. The molecule has 14 heteroatoms. The predicted octanol–water partition coefficient (Wildman–Crippen LogP) is 2.58. The number of benzene rings is 1. The minimum Gasteiger partial charge on any atom is -0.495 e. The first-order valence-corrected chi connectivity index (χ1v) is 14.0. The molecule has 2 aliphatic heterocycles. The second-order valence-corrected chi connectivity index (χ2v) is 13.0. The first kappa shape index (κ1) is 29.2. The van der Waals surface area contributed by atoms with E-state index in [4.69, 9.17) is 9.47 Å². The highest BCUT2D eigenvalue weighted by atomic mass is 32.2. The van der Waals surface area contributed by atoms with Crippen LogP contribution < -0.4 is 20.7 Å². The minimum absolute atomic E-state index is 0.00874. The van der Waals surface area contributed by atoms with Crippen molar-refractivity contribution in [2.24, 2.45) is 4.99 Å². The summed E-state index contributed by atoms with van der Waals surface area (Å²) >= 11 is 0. The predicted molar refractivity (Wildman–Crippen MR) is 146 cm³/mol. The number of ether oxygens (including phenoxy) is 2. The number of nitrogens with one attached hydrogen (secondary N) is 3. The van der Waals surface area contributed by atoms with E-state index >= 15 is 4.39 Å². The Kier molecular flexibility index (Phi) is 7.54. The molecular formula is C26H33FN6O6S. The Balaban J connectivity index is 1.79. The number of halogens is 1. The molecule has 0 aliphatic carbocycles. The summed E-state index contributed by atoms with van der Waals surface area (Å²) in [4.78, 5) is 34.1. The maximum atomic E-state index is 15.6. The van der Waals surface area contributed by atoms with E-state index in [-0.39, 0.29) is 35.9 Å². The number of nitrogens with zero attached hydrogens (tertiary/aromatic N) is 3. The van der Waals surface area contributed by atoms with Gasteiger partial charge in [-0.1, -0.05) is 0 Å². The zero-order valence-corrected chi connectivity index (χ0v) is 24.0. The quantitative estimate of drug-likeness (QED) is 0.503. The molecule has 1 aromatic carbocycles. The van der Waals surface area contributed by atoms with Gasteiger partial charge in [0.05, 0.1) is 13.3 Å². The number of hydrogen-bond donors (Lipinski definition) is 3. The number of aliphatic imine (C=N–C) groups is 1. The molecule has 40 heavy (non-hydrogen) atoms. The van der Waals surface area contributed by atoms with Gasteiger partial charge in [0.1, 0.15) is 33.1 Å². The summed E-state index contributed by atoms with van der Waals surface area (Å²) in [5.41, 5.74) is -2.34. The van der Waals surface area contributed by atoms with E-state index in [9.17, 15) is 18.0 Å². The van der Waals surface area contributed by atoms with Gasteiger partial charge < -0.3 is 20.1 Å². The number of guanidine groups is 1. The van der Waals surface area contributed by atoms with Crippen LogP contribution >= 0.6 is 0 Å². The smallest absolute Gasteiger partial charge is 0.414 e. The van der Waals surface area contributed by atoms with Crippen LogP contribution in [-0.4, -0.2) is 73.3 Å². The van der Waals surface area contributed by atoms with E-state index in [2.05, 4.69) is 25.9 Å². The lowest BCUT2D eigenvalue weighted by atomic mass is 9.78. The van der Waals surface area contributed by atoms with Crippen LogP contribution in [0.15, 0.2) is 41.5 Å². The van der Waals surface area contributed by atoms with E-state index in [1.807, 2.05) is 0 Å². The number of pyridine rings is 1. The number of aromatic nitrogens is 1. The van der Waals surface area contributed by atoms with Crippen LogP contribution in [0.1, 0.15) is 50.2 Å². The van der Waals surface area contributed by atoms with Gasteiger partial charge in [-0.15, -0.1) is 0 Å². The summed E-state index contributed by atoms with van der Waals surface area (Å²) < 4.78 is 53.3. The van der Waals surface area contributed by atoms with E-state index < -0.39 is 43.7 Å². The van der Waals surface area contributed by atoms with Crippen LogP contribution in [0.5, 0.6) is 5.75 Å². The topological polar surface area (TPSA) is 151 Å². The van der Waals surface area contributed by atoms with Crippen molar-refractivity contribution in [3.05, 3.63) is 53.6 Å². The summed E-state index contributed by atoms with van der Waals surface area (Å²) in [6.07, 6.45) is 0.607. The number of anilines is 1. The van der Waals surface area contributed by atoms with Crippen LogP contribution in [0.25, 0.3) is 0 Å². The number of amides is 2. The van der Waals surface area contributed by atoms with Crippen molar-refractivity contribution in [1.82, 2.24) is 19.9 Å². The molecule has 2 atom stereocenters. The first-order chi connectivity index (χ1) is 18.6. The standard InChI is InChI=1S/C26H33FN6O6S/c1-24(2,3)39-23(35)31-22-32-25(4,26(11-12-28-15-26)40(36,37)33(22)5)18-13-16(7-9-19(18)27)30-21(34)20-10-8-17(38-6)14-29-20/h7-10,13-14,28H,11-12,15H2,1-6H3,(H,30,34)(H,31,32,35)/t25-,26-/m1/s1. The lowest BCUT2D eigenvalue weighted by molar-refractivity contribution is 0.0558. The summed E-state index contributed by atoms with van der Waals surface area (Å²) in [6.45, 7) is 6.84. The Morgan fingerprint density at radius 2 is 1.90 bits per heavy atom. The molecule has 3 heterocycles. The van der Waals surface area contributed by atoms with Crippen molar-refractivity contribution in [2.75, 3.05) is 32.6 Å². The van der Waals surface area contributed by atoms with Crippen molar-refractivity contribution >= 4 is 33.7 Å². The van der Waals surface area contributed by atoms with Gasteiger partial charge in [0.15, 0.2) is 0 Å². The van der Waals surface area contributed by atoms with Gasteiger partial charge in [-0.05, 0) is 71.0 Å². The van der Waals surface area contributed by atoms with Crippen molar-refractivity contribution in [3.63, 3.8) is 0 Å². The molecule has 4 rings (SSSR count). The zero-order chi connectivity index (χ0) is 29.5. The maximum absolute atomic E-state index is 15.6. The van der Waals surface area contributed by atoms with Crippen molar-refractivity contribution in [2.45, 2.75) is 50.0 Å². The molecule has 0 saturated carbocycles. The van der Waals surface area contributed by atoms with Crippen LogP contribution in [0, 0.1) is 5.82 Å². The summed E-state index contributed by atoms with van der Waals surface area (Å²) in [7, 11) is -1.45. The van der Waals surface area contributed by atoms with Crippen LogP contribution in [0.4, 0.5) is 14.9 Å². The van der Waals surface area contributed by atoms with Crippen LogP contribution in [0.2, 0.25) is 0 Å². The van der Waals surface area contributed by atoms with Gasteiger partial charge >= 0.3 is 6.09 Å². The van der Waals surface area contributed by atoms with Gasteiger partial charge in [0, 0.05) is 24.8 Å². The van der Waals surface area contributed by atoms with Crippen molar-refractivity contribution < 1.29 is 31.9 Å². The molecule has 1 saturated heterocycles. The molecule has 216 valence electrons. The Morgan fingerprint density at radius 1 is 1.18 bits per heavy atom. The molecule has 2 aromatic rings. The Hall–Kier alpha value is -3.78. The summed E-state index contributed by atoms with van der Waals surface area (Å²) in [5, 5.41) is 8.16. The Bertz CT molecular complexity index is 1450. The van der Waals surface area contributed by atoms with E-state index in [1.54, 1.807) is 26.8 Å². The first-order valence-electron chi connectivity index (χ1n) is 12.5. The molecule has 1 fully saturated rings. The number of carbonyl (C=O) groups is 2. The minimum atomic E-state index is -4.20. The number of hydrogen-bond acceptors (Lipinski definition) is 9. The highest BCUT2D eigenvalue weighted by Gasteiger charge is 2.65. The number of alkyl carbamates (subject to hydrolysis) is 1. The molecule has 2 amide bonds. The second-order valence-electron chi connectivity index (χ2n) is 10.8. The lowest BCUT2D eigenvalue weighted by Crippen LogP contribution is -2.66. The monoisotopic (exact) mass is 576 g/mol. The Morgan fingerprint density at radius 3 is 2.48 bits per heavy atom. The normalized spacial score (nSPS) is 23.9. The maximum Gasteiger partial charge on any atom is 0.414 e. The lowest BCUT2D eigenvalue weighted by Gasteiger charge is -2.49. The fourth-order valence-electron chi connectivity index (χ4n) is 4.93. The summed E-state index contributed by atoms with van der Waals surface area (Å²) in [6, 6.07) is 6.90. The van der Waals surface area contributed by atoms with Gasteiger partial charge in [0.25, 0.3) is 5.91 Å². The number of methoxy groups -OCH3 is 1. The molecule has 2 aliphatic rings. The zero-order valence-electron chi connectivity index (χ0n) is 23.2. The van der Waals surface area contributed by atoms with E-state index in [1.165, 1.54) is 45.5 Å². The van der Waals surface area contributed by atoms with Gasteiger partial charge in [-0.3, -0.25) is 10.1 Å². The largest absolute Gasteiger partial charge is 0.495 e. The molecular weight excluding hydrogens is 543 g/mol. The van der Waals surface area contributed by atoms with Gasteiger partial charge in [0.2, 0.25) is 16.0 Å². The number of carbonyl (C=O) groups excluding carboxylic acids is 2. The van der Waals surface area contributed by atoms with Gasteiger partial charge in [-0.2, -0.15) is 0 Å². The second kappa shape index (κ2) is 10.3. The molecule has 1 aromatic heterocycles. The van der Waals surface area contributed by atoms with Gasteiger partial charge in [-0.25, -0.2) is 31.9 Å². The summed E-state index contributed by atoms with van der Waals surface area (Å²) in [5.74, 6) is -1.13. The SMILES string of the molecule is COc1ccc(C(=O)Nc2ccc(F)c([C@@]3(C)N=C(NC(=O)OC(C)(C)C)N(C)S(=O)(=O)[C@@]34CCNC4)c2)nc1. The number of sulfonamides is 1. The van der Waals surface area contributed by atoms with E-state index in [0.717, 1.165) is 10.4 Å². The average Bonchev–Trinajstić information content (AvgIpc) is 3.39. The molecule has 3 N–H and O–H groups in total. The third kappa shape index (κ3) is 5.08. The molecule has 12 nitrogen and oxygen atoms in total. The Labute approximate surface area is 232 Å². The number of rotatable bonds is 4. The molecule has 0 bridgehead atoms. The van der Waals surface area contributed by atoms with E-state index in [0.29, 0.717) is 12.3 Å². The third-order valence-corrected chi connectivity index (χ3v) is 9.68. The van der Waals surface area contributed by atoms with Crippen LogP contribution in [-0.2, 0) is 20.3 Å². The molecule has 0 unspecified atom stereocenters. The molecule has 0 radical (unpaired) electrons. The average molecular weight is 577 g/mol. The fraction of sp³-hybridized carbons (Fsp3) is 0.462. The molecule has 1 spiro atoms. The van der Waals surface area contributed by atoms with Crippen molar-refractivity contribution in [1.29, 1.82) is 0 Å².